The van der Waals surface area contributed by atoms with Gasteiger partial charge in [0, 0.05) is 17.8 Å². The highest BCUT2D eigenvalue weighted by Gasteiger charge is 2.05. The van der Waals surface area contributed by atoms with Crippen LogP contribution in [-0.2, 0) is 6.54 Å². The Kier molecular flexibility index (Phi) is 5.38. The zero-order chi connectivity index (χ0) is 15.8. The number of carbonyl (C=O) groups excluding carboxylic acids is 1. The van der Waals surface area contributed by atoms with Crippen molar-refractivity contribution in [2.45, 2.75) is 13.5 Å². The van der Waals surface area contributed by atoms with Crippen molar-refractivity contribution in [1.82, 2.24) is 5.32 Å². The first kappa shape index (κ1) is 15.4. The highest BCUT2D eigenvalue weighted by Crippen LogP contribution is 2.17. The SMILES string of the molecule is CCOc1ccccc1CNC(=O)Nc1ccc(C#N)cc1. The number of urea groups is 1. The Bertz CT molecular complexity index is 675. The molecule has 0 aliphatic heterocycles. The third-order valence-corrected chi connectivity index (χ3v) is 2.98. The molecule has 0 saturated heterocycles. The van der Waals surface area contributed by atoms with Crippen LogP contribution in [0.5, 0.6) is 5.75 Å². The topological polar surface area (TPSA) is 74.2 Å². The molecule has 0 aliphatic rings. The van der Waals surface area contributed by atoms with E-state index in [0.717, 1.165) is 11.3 Å². The van der Waals surface area contributed by atoms with Crippen LogP contribution >= 0.6 is 0 Å². The summed E-state index contributed by atoms with van der Waals surface area (Å²) >= 11 is 0. The van der Waals surface area contributed by atoms with Crippen LogP contribution in [0.2, 0.25) is 0 Å². The van der Waals surface area contributed by atoms with E-state index < -0.39 is 0 Å². The molecule has 2 rings (SSSR count). The second-order valence-corrected chi connectivity index (χ2v) is 4.54. The minimum absolute atomic E-state index is 0.309. The number of nitrogens with one attached hydrogen (secondary N) is 2. The molecule has 22 heavy (non-hydrogen) atoms. The Morgan fingerprint density at radius 3 is 2.59 bits per heavy atom. The van der Waals surface area contributed by atoms with Gasteiger partial charge in [-0.1, -0.05) is 18.2 Å². The molecule has 0 bridgehead atoms. The molecule has 5 heteroatoms. The quantitative estimate of drug-likeness (QED) is 0.889. The van der Waals surface area contributed by atoms with Crippen LogP contribution < -0.4 is 15.4 Å². The molecule has 0 aliphatic carbocycles. The Morgan fingerprint density at radius 1 is 1.18 bits per heavy atom. The van der Waals surface area contributed by atoms with Crippen LogP contribution in [0.1, 0.15) is 18.1 Å². The van der Waals surface area contributed by atoms with Gasteiger partial charge in [0.15, 0.2) is 0 Å². The summed E-state index contributed by atoms with van der Waals surface area (Å²) in [5.74, 6) is 0.767. The Hall–Kier alpha value is -3.00. The number of benzene rings is 2. The van der Waals surface area contributed by atoms with Crippen molar-refractivity contribution in [3.63, 3.8) is 0 Å². The molecule has 2 N–H and O–H groups in total. The van der Waals surface area contributed by atoms with Crippen molar-refractivity contribution in [3.8, 4) is 11.8 Å². The third kappa shape index (κ3) is 4.25. The van der Waals surface area contributed by atoms with Crippen molar-refractivity contribution in [3.05, 3.63) is 59.7 Å². The second kappa shape index (κ2) is 7.70. The number of ether oxygens (including phenoxy) is 1. The molecule has 112 valence electrons. The first-order valence-electron chi connectivity index (χ1n) is 6.98. The zero-order valence-electron chi connectivity index (χ0n) is 12.3. The van der Waals surface area contributed by atoms with Crippen molar-refractivity contribution in [2.75, 3.05) is 11.9 Å². The van der Waals surface area contributed by atoms with E-state index in [2.05, 4.69) is 10.6 Å². The van der Waals surface area contributed by atoms with Crippen LogP contribution in [0.4, 0.5) is 10.5 Å². The van der Waals surface area contributed by atoms with Gasteiger partial charge in [0.2, 0.25) is 0 Å². The van der Waals surface area contributed by atoms with Gasteiger partial charge in [-0.15, -0.1) is 0 Å². The van der Waals surface area contributed by atoms with Gasteiger partial charge in [0.1, 0.15) is 5.75 Å². The van der Waals surface area contributed by atoms with E-state index in [4.69, 9.17) is 10.00 Å². The summed E-state index contributed by atoms with van der Waals surface area (Å²) in [6.07, 6.45) is 0. The number of carbonyl (C=O) groups is 1. The monoisotopic (exact) mass is 295 g/mol. The second-order valence-electron chi connectivity index (χ2n) is 4.54. The normalized spacial score (nSPS) is 9.64. The number of hydrogen-bond donors (Lipinski definition) is 2. The summed E-state index contributed by atoms with van der Waals surface area (Å²) in [5.41, 5.74) is 2.10. The molecule has 0 unspecified atom stereocenters. The van der Waals surface area contributed by atoms with Crippen LogP contribution in [0.25, 0.3) is 0 Å². The largest absolute Gasteiger partial charge is 0.494 e. The minimum Gasteiger partial charge on any atom is -0.494 e. The summed E-state index contributed by atoms with van der Waals surface area (Å²) in [7, 11) is 0. The molecule has 0 fully saturated rings. The summed E-state index contributed by atoms with van der Waals surface area (Å²) in [5, 5.41) is 14.2. The summed E-state index contributed by atoms with van der Waals surface area (Å²) < 4.78 is 5.51. The molecule has 0 saturated carbocycles. The summed E-state index contributed by atoms with van der Waals surface area (Å²) in [6, 6.07) is 16.0. The van der Waals surface area contributed by atoms with Crippen LogP contribution in [0, 0.1) is 11.3 Å². The maximum atomic E-state index is 11.9. The lowest BCUT2D eigenvalue weighted by molar-refractivity contribution is 0.251. The standard InChI is InChI=1S/C17H17N3O2/c1-2-22-16-6-4-3-5-14(16)12-19-17(21)20-15-9-7-13(11-18)8-10-15/h3-10H,2,12H2,1H3,(H2,19,20,21). The summed E-state index contributed by atoms with van der Waals surface area (Å²) in [4.78, 5) is 11.9. The van der Waals surface area contributed by atoms with Gasteiger partial charge in [-0.2, -0.15) is 5.26 Å². The Labute approximate surface area is 129 Å². The number of nitriles is 1. The Morgan fingerprint density at radius 2 is 1.91 bits per heavy atom. The van der Waals surface area contributed by atoms with E-state index in [-0.39, 0.29) is 6.03 Å². The fourth-order valence-corrected chi connectivity index (χ4v) is 1.93. The first-order chi connectivity index (χ1) is 10.7. The molecule has 0 aromatic heterocycles. The maximum absolute atomic E-state index is 11.9. The summed E-state index contributed by atoms with van der Waals surface area (Å²) in [6.45, 7) is 2.87. The Balaban J connectivity index is 1.91. The number of para-hydroxylation sites is 1. The molecule has 0 atom stereocenters. The first-order valence-corrected chi connectivity index (χ1v) is 6.98. The smallest absolute Gasteiger partial charge is 0.319 e. The molecular formula is C17H17N3O2. The van der Waals surface area contributed by atoms with Crippen LogP contribution in [-0.4, -0.2) is 12.6 Å². The molecular weight excluding hydrogens is 278 g/mol. The molecule has 5 nitrogen and oxygen atoms in total. The van der Waals surface area contributed by atoms with Gasteiger partial charge in [0.25, 0.3) is 0 Å². The van der Waals surface area contributed by atoms with Gasteiger partial charge in [-0.3, -0.25) is 0 Å². The fourth-order valence-electron chi connectivity index (χ4n) is 1.93. The van der Waals surface area contributed by atoms with Crippen molar-refractivity contribution in [2.24, 2.45) is 0 Å². The number of nitrogens with zero attached hydrogens (tertiary/aromatic N) is 1. The molecule has 2 aromatic carbocycles. The lowest BCUT2D eigenvalue weighted by atomic mass is 10.2. The van der Waals surface area contributed by atoms with Gasteiger partial charge >= 0.3 is 6.03 Å². The van der Waals surface area contributed by atoms with E-state index >= 15 is 0 Å². The van der Waals surface area contributed by atoms with Gasteiger partial charge in [0.05, 0.1) is 18.2 Å². The molecule has 0 spiro atoms. The lowest BCUT2D eigenvalue weighted by Gasteiger charge is -2.11. The third-order valence-electron chi connectivity index (χ3n) is 2.98. The highest BCUT2D eigenvalue weighted by atomic mass is 16.5. The van der Waals surface area contributed by atoms with Gasteiger partial charge < -0.3 is 15.4 Å². The van der Waals surface area contributed by atoms with Gasteiger partial charge in [-0.25, -0.2) is 4.79 Å². The van der Waals surface area contributed by atoms with Crippen LogP contribution in [0.15, 0.2) is 48.5 Å². The van der Waals surface area contributed by atoms with Crippen LogP contribution in [0.3, 0.4) is 0 Å². The van der Waals surface area contributed by atoms with Crippen molar-refractivity contribution >= 4 is 11.7 Å². The van der Waals surface area contributed by atoms with E-state index in [1.54, 1.807) is 24.3 Å². The van der Waals surface area contributed by atoms with Gasteiger partial charge in [-0.05, 0) is 37.3 Å². The average molecular weight is 295 g/mol. The van der Waals surface area contributed by atoms with E-state index in [0.29, 0.717) is 24.4 Å². The fraction of sp³-hybridized carbons (Fsp3) is 0.176. The molecule has 0 radical (unpaired) electrons. The minimum atomic E-state index is -0.309. The molecule has 2 amide bonds. The predicted molar refractivity (Wildman–Crippen MR) is 84.6 cm³/mol. The lowest BCUT2D eigenvalue weighted by Crippen LogP contribution is -2.28. The molecule has 0 heterocycles. The highest BCUT2D eigenvalue weighted by molar-refractivity contribution is 5.89. The number of rotatable bonds is 5. The molecule has 2 aromatic rings. The van der Waals surface area contributed by atoms with Crippen molar-refractivity contribution in [1.29, 1.82) is 5.26 Å². The van der Waals surface area contributed by atoms with E-state index in [1.165, 1.54) is 0 Å². The maximum Gasteiger partial charge on any atom is 0.319 e. The number of anilines is 1. The van der Waals surface area contributed by atoms with E-state index in [1.807, 2.05) is 37.3 Å². The average Bonchev–Trinajstić information content (AvgIpc) is 2.55. The van der Waals surface area contributed by atoms with Crippen molar-refractivity contribution < 1.29 is 9.53 Å². The zero-order valence-corrected chi connectivity index (χ0v) is 12.3. The predicted octanol–water partition coefficient (Wildman–Crippen LogP) is 3.28. The van der Waals surface area contributed by atoms with E-state index in [9.17, 15) is 4.79 Å². The number of amides is 2. The number of hydrogen-bond acceptors (Lipinski definition) is 3.